The monoisotopic (exact) mass is 464 g/mol. The molecule has 0 spiro atoms. The van der Waals surface area contributed by atoms with Gasteiger partial charge < -0.3 is 19.1 Å². The van der Waals surface area contributed by atoms with Crippen LogP contribution in [-0.4, -0.2) is 40.3 Å². The Morgan fingerprint density at radius 1 is 1.48 bits per heavy atom. The van der Waals surface area contributed by atoms with Crippen molar-refractivity contribution in [3.05, 3.63) is 56.6 Å². The van der Waals surface area contributed by atoms with E-state index in [0.717, 1.165) is 0 Å². The van der Waals surface area contributed by atoms with Crippen LogP contribution in [0.5, 0.6) is 11.5 Å². The molecule has 1 fully saturated rings. The van der Waals surface area contributed by atoms with Crippen molar-refractivity contribution in [3.63, 3.8) is 0 Å². The van der Waals surface area contributed by atoms with Crippen LogP contribution in [0, 0.1) is 5.82 Å². The standard InChI is InChI=1S/C17H17F2N2O9P/c1-26-12-4-2-3-9-7-27-31(25,30-13(9)12)28-8-17(19)5-11(22)15(29-17)21-6-10(18)14(23)20-16(21)24/h2-4,6,11,15,22H,5,7-8H2,1H3,(H,20,23,24)/t11-,15-,17+,31?/m1/s1/i8D2. The van der Waals surface area contributed by atoms with Crippen molar-refractivity contribution >= 4 is 7.82 Å². The summed E-state index contributed by atoms with van der Waals surface area (Å²) >= 11 is 0. The molecular weight excluding hydrogens is 445 g/mol. The molecule has 0 aliphatic carbocycles. The number of aliphatic hydroxyl groups is 1. The lowest BCUT2D eigenvalue weighted by Crippen LogP contribution is -2.37. The summed E-state index contributed by atoms with van der Waals surface area (Å²) in [5.41, 5.74) is -2.19. The quantitative estimate of drug-likeness (QED) is 0.628. The number of aliphatic hydroxyl groups excluding tert-OH is 1. The molecule has 3 heterocycles. The number of aromatic nitrogens is 2. The van der Waals surface area contributed by atoms with Crippen LogP contribution in [0.3, 0.4) is 0 Å². The van der Waals surface area contributed by atoms with Gasteiger partial charge >= 0.3 is 13.5 Å². The molecule has 2 aliphatic rings. The van der Waals surface area contributed by atoms with E-state index in [2.05, 4.69) is 0 Å². The predicted octanol–water partition coefficient (Wildman–Crippen LogP) is 1.36. The summed E-state index contributed by atoms with van der Waals surface area (Å²) in [6.07, 6.45) is -4.57. The third-order valence-corrected chi connectivity index (χ3v) is 5.64. The third kappa shape index (κ3) is 4.14. The molecule has 4 atom stereocenters. The van der Waals surface area contributed by atoms with Gasteiger partial charge in [-0.15, -0.1) is 0 Å². The fraction of sp³-hybridized carbons (Fsp3) is 0.412. The highest BCUT2D eigenvalue weighted by molar-refractivity contribution is 7.49. The van der Waals surface area contributed by atoms with Crippen LogP contribution in [0.25, 0.3) is 0 Å². The zero-order valence-electron chi connectivity index (χ0n) is 17.7. The van der Waals surface area contributed by atoms with Crippen molar-refractivity contribution in [2.75, 3.05) is 13.7 Å². The number of aromatic amines is 1. The number of hydrogen-bond donors (Lipinski definition) is 2. The Morgan fingerprint density at radius 2 is 2.26 bits per heavy atom. The Bertz CT molecular complexity index is 1240. The zero-order chi connectivity index (χ0) is 24.2. The third-order valence-electron chi connectivity index (χ3n) is 4.48. The van der Waals surface area contributed by atoms with Crippen molar-refractivity contribution < 1.29 is 44.2 Å². The number of benzene rings is 1. The molecule has 11 nitrogen and oxygen atoms in total. The maximum absolute atomic E-state index is 15.5. The van der Waals surface area contributed by atoms with E-state index in [9.17, 15) is 23.7 Å². The van der Waals surface area contributed by atoms with Gasteiger partial charge in [0.2, 0.25) is 11.7 Å². The van der Waals surface area contributed by atoms with Gasteiger partial charge in [-0.25, -0.2) is 13.8 Å². The number of phosphoric ester groups is 1. The van der Waals surface area contributed by atoms with Gasteiger partial charge in [0.15, 0.2) is 17.7 Å². The van der Waals surface area contributed by atoms with Crippen LogP contribution in [0.1, 0.15) is 21.0 Å². The summed E-state index contributed by atoms with van der Waals surface area (Å²) in [4.78, 5) is 24.7. The molecule has 14 heteroatoms. The number of alkyl halides is 1. The molecule has 31 heavy (non-hydrogen) atoms. The highest BCUT2D eigenvalue weighted by Gasteiger charge is 2.50. The van der Waals surface area contributed by atoms with Gasteiger partial charge in [-0.3, -0.25) is 23.4 Å². The fourth-order valence-corrected chi connectivity index (χ4v) is 4.16. The second kappa shape index (κ2) is 7.84. The predicted molar refractivity (Wildman–Crippen MR) is 97.8 cm³/mol. The van der Waals surface area contributed by atoms with E-state index in [1.54, 1.807) is 17.1 Å². The lowest BCUT2D eigenvalue weighted by Gasteiger charge is -2.28. The molecule has 0 radical (unpaired) electrons. The molecule has 2 N–H and O–H groups in total. The fourth-order valence-electron chi connectivity index (χ4n) is 3.04. The molecule has 4 rings (SSSR count). The summed E-state index contributed by atoms with van der Waals surface area (Å²) < 4.78 is 83.3. The normalized spacial score (nSPS) is 31.4. The Hall–Kier alpha value is -2.57. The molecule has 168 valence electrons. The lowest BCUT2D eigenvalue weighted by molar-refractivity contribution is -0.179. The van der Waals surface area contributed by atoms with Gasteiger partial charge in [-0.1, -0.05) is 12.1 Å². The smallest absolute Gasteiger partial charge is 0.493 e. The number of methoxy groups -OCH3 is 1. The summed E-state index contributed by atoms with van der Waals surface area (Å²) in [6, 6.07) is 4.64. The van der Waals surface area contributed by atoms with Crippen molar-refractivity contribution in [1.82, 2.24) is 9.55 Å². The topological polar surface area (TPSA) is 138 Å². The second-order valence-corrected chi connectivity index (χ2v) is 8.12. The first kappa shape index (κ1) is 19.1. The molecule has 0 saturated carbocycles. The number of halogens is 2. The van der Waals surface area contributed by atoms with E-state index < -0.39 is 56.1 Å². The average molecular weight is 464 g/mol. The molecule has 1 aromatic carbocycles. The van der Waals surface area contributed by atoms with Gasteiger partial charge in [-0.2, -0.15) is 4.39 Å². The summed E-state index contributed by atoms with van der Waals surface area (Å²) in [6.45, 7) is -3.89. The van der Waals surface area contributed by atoms with Gasteiger partial charge in [0.05, 0.1) is 22.7 Å². The molecule has 2 aromatic rings. The number of phosphoric acid groups is 1. The number of H-pyrrole nitrogens is 1. The summed E-state index contributed by atoms with van der Waals surface area (Å²) in [5.74, 6) is -4.84. The minimum atomic E-state index is -4.77. The minimum absolute atomic E-state index is 0.0567. The number of fused-ring (bicyclic) bond motifs is 1. The van der Waals surface area contributed by atoms with Crippen LogP contribution in [-0.2, 0) is 25.0 Å². The maximum Gasteiger partial charge on any atom is 0.530 e. The van der Waals surface area contributed by atoms with Gasteiger partial charge in [0.25, 0.3) is 5.56 Å². The van der Waals surface area contributed by atoms with Crippen molar-refractivity contribution in [2.24, 2.45) is 0 Å². The molecule has 1 aromatic heterocycles. The Labute approximate surface area is 175 Å². The highest BCUT2D eigenvalue weighted by Crippen LogP contribution is 2.57. The number of rotatable bonds is 5. The number of nitrogens with one attached hydrogen (secondary N) is 1. The lowest BCUT2D eigenvalue weighted by atomic mass is 10.2. The van der Waals surface area contributed by atoms with E-state index in [4.69, 9.17) is 25.8 Å². The Morgan fingerprint density at radius 3 is 3.00 bits per heavy atom. The zero-order valence-corrected chi connectivity index (χ0v) is 16.6. The van der Waals surface area contributed by atoms with E-state index in [-0.39, 0.29) is 18.1 Å². The van der Waals surface area contributed by atoms with Crippen LogP contribution in [0.2, 0.25) is 0 Å². The highest BCUT2D eigenvalue weighted by atomic mass is 31.2. The van der Waals surface area contributed by atoms with Crippen molar-refractivity contribution in [2.45, 2.75) is 31.2 Å². The first-order chi connectivity index (χ1) is 15.4. The van der Waals surface area contributed by atoms with E-state index >= 15 is 4.39 Å². The van der Waals surface area contributed by atoms with Crippen LogP contribution in [0.4, 0.5) is 8.78 Å². The number of para-hydroxylation sites is 1. The first-order valence-corrected chi connectivity index (χ1v) is 10.2. The molecule has 1 saturated heterocycles. The van der Waals surface area contributed by atoms with Gasteiger partial charge in [-0.05, 0) is 6.07 Å². The van der Waals surface area contributed by atoms with Gasteiger partial charge in [0.1, 0.15) is 12.7 Å². The first-order valence-electron chi connectivity index (χ1n) is 9.75. The summed E-state index contributed by atoms with van der Waals surface area (Å²) in [5, 5.41) is 10.2. The Kier molecular flexibility index (Phi) is 4.84. The minimum Gasteiger partial charge on any atom is -0.493 e. The van der Waals surface area contributed by atoms with Crippen LogP contribution in [0.15, 0.2) is 34.0 Å². The average Bonchev–Trinajstić information content (AvgIpc) is 3.05. The second-order valence-electron chi connectivity index (χ2n) is 6.61. The van der Waals surface area contributed by atoms with Crippen LogP contribution < -0.4 is 20.5 Å². The van der Waals surface area contributed by atoms with E-state index in [1.807, 2.05) is 0 Å². The van der Waals surface area contributed by atoms with Crippen molar-refractivity contribution in [3.8, 4) is 11.5 Å². The summed E-state index contributed by atoms with van der Waals surface area (Å²) in [7, 11) is -3.46. The molecule has 2 aliphatic heterocycles. The SMILES string of the molecule is [2H]C([2H])(OP1(=O)OCc2cccc(OC)c2O1)[C@]1(F)C[C@@H](O)[C@H](n2cc(F)c(=O)[nH]c2=O)O1. The number of hydrogen-bond acceptors (Lipinski definition) is 9. The molecule has 0 bridgehead atoms. The number of ether oxygens (including phenoxy) is 2. The Balaban J connectivity index is 1.60. The number of nitrogens with zero attached hydrogens (tertiary/aromatic N) is 1. The molecular formula is C17H17F2N2O9P. The van der Waals surface area contributed by atoms with E-state index in [0.29, 0.717) is 16.3 Å². The van der Waals surface area contributed by atoms with Crippen molar-refractivity contribution in [1.29, 1.82) is 0 Å². The van der Waals surface area contributed by atoms with Gasteiger partial charge in [0, 0.05) is 12.0 Å². The molecule has 1 unspecified atom stereocenters. The van der Waals surface area contributed by atoms with Crippen LogP contribution >= 0.6 is 7.82 Å². The molecule has 0 amide bonds. The largest absolute Gasteiger partial charge is 0.530 e. The maximum atomic E-state index is 15.5. The van der Waals surface area contributed by atoms with E-state index in [1.165, 1.54) is 13.2 Å².